The maximum absolute atomic E-state index is 12.2. The number of hydrogen-bond donors (Lipinski definition) is 0. The Morgan fingerprint density at radius 3 is 0.903 bits per heavy atom. The van der Waals surface area contributed by atoms with E-state index in [1.165, 1.54) is 257 Å². The quantitative estimate of drug-likeness (QED) is 0.0451. The fourth-order valence-corrected chi connectivity index (χ4v) is 9.42. The molecule has 0 bridgehead atoms. The second kappa shape index (κ2) is 50.9. The van der Waals surface area contributed by atoms with E-state index in [0.717, 1.165) is 43.4 Å². The van der Waals surface area contributed by atoms with Crippen molar-refractivity contribution in [3.63, 3.8) is 0 Å². The van der Waals surface area contributed by atoms with E-state index >= 15 is 0 Å². The number of carbonyl (C=O) groups excluding carboxylic acids is 2. The Kier molecular flexibility index (Phi) is 50.1. The summed E-state index contributed by atoms with van der Waals surface area (Å²) in [6.07, 6.45) is 59.4. The normalized spacial score (nSPS) is 12.6. The van der Waals surface area contributed by atoms with Crippen LogP contribution in [0.15, 0.2) is 0 Å². The second-order valence-electron chi connectivity index (χ2n) is 20.6. The summed E-state index contributed by atoms with van der Waals surface area (Å²) in [4.78, 5) is 24.3. The van der Waals surface area contributed by atoms with Gasteiger partial charge in [-0.3, -0.25) is 9.59 Å². The Hall–Kier alpha value is -1.06. The van der Waals surface area contributed by atoms with Crippen LogP contribution in [-0.4, -0.2) is 25.2 Å². The summed E-state index contributed by atoms with van der Waals surface area (Å²) in [6, 6.07) is 0. The van der Waals surface area contributed by atoms with E-state index in [4.69, 9.17) is 9.47 Å². The zero-order valence-electron chi connectivity index (χ0n) is 43.3. The molecule has 0 fully saturated rings. The Morgan fingerprint density at radius 1 is 0.306 bits per heavy atom. The van der Waals surface area contributed by atoms with E-state index in [-0.39, 0.29) is 11.9 Å². The molecular weight excluding hydrogens is 761 g/mol. The third-order valence-electron chi connectivity index (χ3n) is 14.0. The van der Waals surface area contributed by atoms with Crippen molar-refractivity contribution in [2.24, 2.45) is 17.8 Å². The second-order valence-corrected chi connectivity index (χ2v) is 20.6. The van der Waals surface area contributed by atoms with Crippen molar-refractivity contribution in [2.75, 3.05) is 13.2 Å². The summed E-state index contributed by atoms with van der Waals surface area (Å²) in [5, 5.41) is 0. The van der Waals surface area contributed by atoms with Gasteiger partial charge in [-0.05, 0) is 49.9 Å². The topological polar surface area (TPSA) is 52.6 Å². The van der Waals surface area contributed by atoms with Crippen LogP contribution in [0.25, 0.3) is 0 Å². The number of ether oxygens (including phenoxy) is 2. The molecule has 4 nitrogen and oxygen atoms in total. The highest BCUT2D eigenvalue weighted by molar-refractivity contribution is 5.69. The van der Waals surface area contributed by atoms with Crippen molar-refractivity contribution >= 4 is 11.9 Å². The fraction of sp³-hybridized carbons (Fsp3) is 0.966. The Labute approximate surface area is 390 Å². The molecule has 0 aliphatic rings. The van der Waals surface area contributed by atoms with Gasteiger partial charge in [0.2, 0.25) is 0 Å². The van der Waals surface area contributed by atoms with E-state index in [1.54, 1.807) is 0 Å². The molecule has 0 rings (SSSR count). The van der Waals surface area contributed by atoms with E-state index < -0.39 is 0 Å². The summed E-state index contributed by atoms with van der Waals surface area (Å²) < 4.78 is 11.1. The van der Waals surface area contributed by atoms with Gasteiger partial charge in [-0.1, -0.05) is 285 Å². The fourth-order valence-electron chi connectivity index (χ4n) is 9.42. The number of carbonyl (C=O) groups is 2. The molecule has 0 radical (unpaired) electrons. The lowest BCUT2D eigenvalue weighted by molar-refractivity contribution is -0.144. The standard InChI is InChI=1S/C58H114O4/c1-6-8-10-12-14-16-18-20-22-24-26-28-30-36-42-48-57(59)61-52-44-38-32-34-40-46-55(5)50-51-56(54(3)4)47-41-35-33-39-45-53-62-58(60)49-43-37-31-29-27-25-23-21-19-17-15-13-11-9-7-2/h54-56H,6-53H2,1-5H3. The molecule has 0 amide bonds. The van der Waals surface area contributed by atoms with Crippen molar-refractivity contribution in [1.29, 1.82) is 0 Å². The number of unbranched alkanes of at least 4 members (excludes halogenated alkanes) is 36. The van der Waals surface area contributed by atoms with E-state index in [2.05, 4.69) is 34.6 Å². The largest absolute Gasteiger partial charge is 0.466 e. The molecule has 0 saturated carbocycles. The summed E-state index contributed by atoms with van der Waals surface area (Å²) in [5.74, 6) is 2.47. The van der Waals surface area contributed by atoms with Gasteiger partial charge in [0.25, 0.3) is 0 Å². The van der Waals surface area contributed by atoms with Crippen LogP contribution in [-0.2, 0) is 19.1 Å². The molecule has 62 heavy (non-hydrogen) atoms. The van der Waals surface area contributed by atoms with Crippen LogP contribution in [0.5, 0.6) is 0 Å². The van der Waals surface area contributed by atoms with Crippen LogP contribution < -0.4 is 0 Å². The minimum atomic E-state index is 0.0169. The average Bonchev–Trinajstić information content (AvgIpc) is 3.26. The first-order valence-electron chi connectivity index (χ1n) is 28.7. The van der Waals surface area contributed by atoms with Crippen LogP contribution >= 0.6 is 0 Å². The lowest BCUT2D eigenvalue weighted by atomic mass is 9.83. The van der Waals surface area contributed by atoms with Crippen molar-refractivity contribution < 1.29 is 19.1 Å². The molecule has 0 N–H and O–H groups in total. The predicted octanol–water partition coefficient (Wildman–Crippen LogP) is 20.0. The van der Waals surface area contributed by atoms with Gasteiger partial charge < -0.3 is 9.47 Å². The van der Waals surface area contributed by atoms with Crippen LogP contribution in [0, 0.1) is 17.8 Å². The van der Waals surface area contributed by atoms with Gasteiger partial charge in [-0.2, -0.15) is 0 Å². The Balaban J connectivity index is 3.53. The van der Waals surface area contributed by atoms with Gasteiger partial charge in [0.05, 0.1) is 13.2 Å². The van der Waals surface area contributed by atoms with Gasteiger partial charge in [0.1, 0.15) is 0 Å². The third-order valence-corrected chi connectivity index (χ3v) is 14.0. The first kappa shape index (κ1) is 60.9. The van der Waals surface area contributed by atoms with Crippen molar-refractivity contribution in [3.8, 4) is 0 Å². The average molecular weight is 876 g/mol. The first-order valence-corrected chi connectivity index (χ1v) is 28.7. The highest BCUT2D eigenvalue weighted by atomic mass is 16.5. The van der Waals surface area contributed by atoms with E-state index in [0.29, 0.717) is 26.1 Å². The van der Waals surface area contributed by atoms with Gasteiger partial charge in [-0.15, -0.1) is 0 Å². The zero-order chi connectivity index (χ0) is 45.2. The Morgan fingerprint density at radius 2 is 0.581 bits per heavy atom. The minimum Gasteiger partial charge on any atom is -0.466 e. The first-order chi connectivity index (χ1) is 30.4. The highest BCUT2D eigenvalue weighted by Crippen LogP contribution is 2.28. The molecule has 0 aromatic carbocycles. The summed E-state index contributed by atoms with van der Waals surface area (Å²) >= 11 is 0. The summed E-state index contributed by atoms with van der Waals surface area (Å²) in [6.45, 7) is 13.1. The van der Waals surface area contributed by atoms with E-state index in [1.807, 2.05) is 0 Å². The van der Waals surface area contributed by atoms with Crippen molar-refractivity contribution in [2.45, 2.75) is 330 Å². The van der Waals surface area contributed by atoms with Crippen LogP contribution in [0.3, 0.4) is 0 Å². The van der Waals surface area contributed by atoms with Crippen molar-refractivity contribution in [1.82, 2.24) is 0 Å². The number of rotatable bonds is 52. The SMILES string of the molecule is CCCCCCCCCCCCCCCCCC(=O)OCCCCCCCC(C)CCC(CCCCCCCOC(=O)CCCCCCCCCCCCCCCCC)C(C)C. The summed E-state index contributed by atoms with van der Waals surface area (Å²) in [7, 11) is 0. The van der Waals surface area contributed by atoms with Crippen LogP contribution in [0.2, 0.25) is 0 Å². The van der Waals surface area contributed by atoms with Gasteiger partial charge >= 0.3 is 11.9 Å². The van der Waals surface area contributed by atoms with Crippen molar-refractivity contribution in [3.05, 3.63) is 0 Å². The highest BCUT2D eigenvalue weighted by Gasteiger charge is 2.15. The smallest absolute Gasteiger partial charge is 0.305 e. The molecule has 2 atom stereocenters. The molecule has 2 unspecified atom stereocenters. The summed E-state index contributed by atoms with van der Waals surface area (Å²) in [5.41, 5.74) is 0. The minimum absolute atomic E-state index is 0.0169. The molecule has 0 saturated heterocycles. The van der Waals surface area contributed by atoms with Gasteiger partial charge in [0, 0.05) is 12.8 Å². The Bertz CT molecular complexity index is 885. The third kappa shape index (κ3) is 48.4. The molecule has 0 aromatic rings. The molecule has 0 aliphatic carbocycles. The van der Waals surface area contributed by atoms with Crippen LogP contribution in [0.1, 0.15) is 330 Å². The van der Waals surface area contributed by atoms with Gasteiger partial charge in [0.15, 0.2) is 0 Å². The molecule has 0 aromatic heterocycles. The molecule has 0 aliphatic heterocycles. The molecule has 4 heteroatoms. The zero-order valence-corrected chi connectivity index (χ0v) is 43.3. The monoisotopic (exact) mass is 875 g/mol. The maximum Gasteiger partial charge on any atom is 0.305 e. The lowest BCUT2D eigenvalue weighted by Gasteiger charge is -2.23. The lowest BCUT2D eigenvalue weighted by Crippen LogP contribution is -2.11. The molecule has 0 spiro atoms. The predicted molar refractivity (Wildman–Crippen MR) is 273 cm³/mol. The number of hydrogen-bond acceptors (Lipinski definition) is 4. The number of esters is 2. The van der Waals surface area contributed by atoms with E-state index in [9.17, 15) is 9.59 Å². The molecule has 0 heterocycles. The maximum atomic E-state index is 12.2. The van der Waals surface area contributed by atoms with Gasteiger partial charge in [-0.25, -0.2) is 0 Å². The molecular formula is C58H114O4. The molecule has 370 valence electrons. The van der Waals surface area contributed by atoms with Crippen LogP contribution in [0.4, 0.5) is 0 Å².